The van der Waals surface area contributed by atoms with Gasteiger partial charge >= 0.3 is 0 Å². The molecule has 4 heterocycles. The lowest BCUT2D eigenvalue weighted by Gasteiger charge is -2.15. The summed E-state index contributed by atoms with van der Waals surface area (Å²) in [7, 11) is 0. The third-order valence-electron chi connectivity index (χ3n) is 9.31. The van der Waals surface area contributed by atoms with Crippen molar-refractivity contribution >= 4 is 43.7 Å². The van der Waals surface area contributed by atoms with Crippen LogP contribution in [0.4, 0.5) is 0 Å². The van der Waals surface area contributed by atoms with Gasteiger partial charge in [-0.15, -0.1) is 0 Å². The molecule has 6 aromatic carbocycles. The highest BCUT2D eigenvalue weighted by atomic mass is 16.3. The molecule has 0 spiro atoms. The molecule has 234 valence electrons. The lowest BCUT2D eigenvalue weighted by molar-refractivity contribution is 0.671. The van der Waals surface area contributed by atoms with Gasteiger partial charge in [-0.05, 0) is 29.8 Å². The number of fused-ring (bicyclic) bond motifs is 7. The summed E-state index contributed by atoms with van der Waals surface area (Å²) in [5, 5.41) is 4.32. The van der Waals surface area contributed by atoms with Crippen LogP contribution in [0.2, 0.25) is 0 Å². The van der Waals surface area contributed by atoms with Crippen LogP contribution in [0.5, 0.6) is 0 Å². The number of aromatic nitrogens is 5. The van der Waals surface area contributed by atoms with Gasteiger partial charge in [0, 0.05) is 44.4 Å². The van der Waals surface area contributed by atoms with Crippen LogP contribution in [0.3, 0.4) is 0 Å². The van der Waals surface area contributed by atoms with E-state index in [0.29, 0.717) is 23.3 Å². The van der Waals surface area contributed by atoms with Gasteiger partial charge in [0.05, 0.1) is 16.6 Å². The maximum absolute atomic E-state index is 6.66. The zero-order chi connectivity index (χ0) is 33.0. The van der Waals surface area contributed by atoms with E-state index in [1.54, 1.807) is 0 Å². The van der Waals surface area contributed by atoms with Crippen molar-refractivity contribution in [2.45, 2.75) is 0 Å². The Morgan fingerprint density at radius 3 is 1.70 bits per heavy atom. The van der Waals surface area contributed by atoms with Crippen molar-refractivity contribution in [3.05, 3.63) is 164 Å². The zero-order valence-corrected chi connectivity index (χ0v) is 26.7. The summed E-state index contributed by atoms with van der Waals surface area (Å²) in [5.74, 6) is 2.41. The van der Waals surface area contributed by atoms with Crippen LogP contribution in [0.15, 0.2) is 168 Å². The van der Waals surface area contributed by atoms with Gasteiger partial charge in [0.25, 0.3) is 0 Å². The molecule has 6 nitrogen and oxygen atoms in total. The molecule has 6 heteroatoms. The molecule has 0 bridgehead atoms. The summed E-state index contributed by atoms with van der Waals surface area (Å²) in [6.45, 7) is 0. The van der Waals surface area contributed by atoms with E-state index in [4.69, 9.17) is 24.4 Å². The highest BCUT2D eigenvalue weighted by molar-refractivity contribution is 6.21. The molecule has 0 saturated heterocycles. The van der Waals surface area contributed by atoms with E-state index in [1.165, 1.54) is 0 Å². The number of furan rings is 1. The molecule has 0 radical (unpaired) electrons. The largest absolute Gasteiger partial charge is 0.454 e. The number of nitrogens with zero attached hydrogens (tertiary/aromatic N) is 5. The van der Waals surface area contributed by atoms with Crippen molar-refractivity contribution in [2.75, 3.05) is 0 Å². The Bertz CT molecular complexity index is 2800. The molecular weight excluding hydrogens is 615 g/mol. The van der Waals surface area contributed by atoms with Crippen LogP contribution in [0.1, 0.15) is 0 Å². The van der Waals surface area contributed by atoms with Gasteiger partial charge in [-0.25, -0.2) is 19.9 Å². The first-order valence-electron chi connectivity index (χ1n) is 16.6. The summed E-state index contributed by atoms with van der Waals surface area (Å²) < 4.78 is 8.88. The van der Waals surface area contributed by atoms with E-state index in [9.17, 15) is 0 Å². The second kappa shape index (κ2) is 11.4. The minimum atomic E-state index is 0.528. The zero-order valence-electron chi connectivity index (χ0n) is 26.7. The first kappa shape index (κ1) is 28.1. The minimum Gasteiger partial charge on any atom is -0.454 e. The molecule has 10 rings (SSSR count). The lowest BCUT2D eigenvalue weighted by Crippen LogP contribution is -2.06. The molecule has 0 saturated carbocycles. The fourth-order valence-corrected chi connectivity index (χ4v) is 6.97. The molecule has 0 aliphatic rings. The first-order valence-corrected chi connectivity index (χ1v) is 16.6. The third-order valence-corrected chi connectivity index (χ3v) is 9.31. The maximum Gasteiger partial charge on any atom is 0.167 e. The van der Waals surface area contributed by atoms with Crippen LogP contribution < -0.4 is 0 Å². The second-order valence-corrected chi connectivity index (χ2v) is 12.3. The summed E-state index contributed by atoms with van der Waals surface area (Å²) in [6.07, 6.45) is 1.94. The SMILES string of the molecule is c1ccc(-c2cnc(-n3c4ccccc4c4ccc5c6ccccc6oc5c43)c(-c3nc(-c4ccccc4)nc(-c4ccccc4)n3)c2)cc1. The van der Waals surface area contributed by atoms with Crippen LogP contribution in [-0.4, -0.2) is 24.5 Å². The van der Waals surface area contributed by atoms with Gasteiger partial charge in [0.1, 0.15) is 11.4 Å². The number of benzene rings is 6. The quantitative estimate of drug-likeness (QED) is 0.187. The Balaban J connectivity index is 1.33. The summed E-state index contributed by atoms with van der Waals surface area (Å²) in [5.41, 5.74) is 8.21. The average molecular weight is 642 g/mol. The molecule has 0 aliphatic heterocycles. The Morgan fingerprint density at radius 1 is 0.440 bits per heavy atom. The molecule has 4 aromatic heterocycles. The highest BCUT2D eigenvalue weighted by Crippen LogP contribution is 2.42. The van der Waals surface area contributed by atoms with Crippen molar-refractivity contribution in [1.29, 1.82) is 0 Å². The fraction of sp³-hybridized carbons (Fsp3) is 0. The molecular formula is C44H27N5O. The molecule has 50 heavy (non-hydrogen) atoms. The second-order valence-electron chi connectivity index (χ2n) is 12.3. The third kappa shape index (κ3) is 4.50. The number of hydrogen-bond acceptors (Lipinski definition) is 5. The normalized spacial score (nSPS) is 11.6. The van der Waals surface area contributed by atoms with Gasteiger partial charge in [-0.3, -0.25) is 4.57 Å². The Kier molecular flexibility index (Phi) is 6.39. The fourth-order valence-electron chi connectivity index (χ4n) is 6.97. The standard InChI is InChI=1S/C44H27N5O/c1-4-14-28(15-5-1)31-26-36(43-47-41(29-16-6-2-7-17-29)46-42(48-43)30-18-8-3-9-19-30)44(45-27-31)49-37-22-12-10-20-32(37)34-24-25-35-33-21-11-13-23-38(33)50-40(35)39(34)49/h1-27H. The number of rotatable bonds is 5. The Hall–Kier alpha value is -6.92. The van der Waals surface area contributed by atoms with E-state index in [1.807, 2.05) is 97.2 Å². The summed E-state index contributed by atoms with van der Waals surface area (Å²) in [4.78, 5) is 20.6. The monoisotopic (exact) mass is 641 g/mol. The predicted molar refractivity (Wildman–Crippen MR) is 201 cm³/mol. The average Bonchev–Trinajstić information content (AvgIpc) is 3.75. The number of para-hydroxylation sites is 2. The molecule has 0 amide bonds. The van der Waals surface area contributed by atoms with E-state index in [-0.39, 0.29) is 0 Å². The molecule has 0 fully saturated rings. The van der Waals surface area contributed by atoms with Crippen molar-refractivity contribution in [2.24, 2.45) is 0 Å². The smallest absolute Gasteiger partial charge is 0.167 e. The van der Waals surface area contributed by atoms with Crippen LogP contribution in [-0.2, 0) is 0 Å². The Morgan fingerprint density at radius 2 is 1.00 bits per heavy atom. The molecule has 0 unspecified atom stereocenters. The minimum absolute atomic E-state index is 0.528. The Labute approximate surface area is 287 Å². The summed E-state index contributed by atoms with van der Waals surface area (Å²) >= 11 is 0. The number of pyridine rings is 1. The van der Waals surface area contributed by atoms with E-state index in [2.05, 4.69) is 71.3 Å². The van der Waals surface area contributed by atoms with E-state index in [0.717, 1.165) is 71.6 Å². The topological polar surface area (TPSA) is 69.6 Å². The van der Waals surface area contributed by atoms with E-state index < -0.39 is 0 Å². The van der Waals surface area contributed by atoms with Crippen LogP contribution in [0.25, 0.3) is 94.9 Å². The van der Waals surface area contributed by atoms with Crippen molar-refractivity contribution in [1.82, 2.24) is 24.5 Å². The lowest BCUT2D eigenvalue weighted by atomic mass is 10.0. The molecule has 10 aromatic rings. The van der Waals surface area contributed by atoms with Crippen LogP contribution >= 0.6 is 0 Å². The van der Waals surface area contributed by atoms with Gasteiger partial charge in [-0.2, -0.15) is 0 Å². The molecule has 0 N–H and O–H groups in total. The van der Waals surface area contributed by atoms with Crippen molar-refractivity contribution in [3.8, 4) is 51.1 Å². The van der Waals surface area contributed by atoms with Crippen molar-refractivity contribution in [3.63, 3.8) is 0 Å². The maximum atomic E-state index is 6.66. The highest BCUT2D eigenvalue weighted by Gasteiger charge is 2.24. The van der Waals surface area contributed by atoms with Gasteiger partial charge < -0.3 is 4.42 Å². The van der Waals surface area contributed by atoms with Crippen LogP contribution in [0, 0.1) is 0 Å². The molecule has 0 atom stereocenters. The van der Waals surface area contributed by atoms with Crippen molar-refractivity contribution < 1.29 is 4.42 Å². The van der Waals surface area contributed by atoms with Gasteiger partial charge in [-0.1, -0.05) is 133 Å². The number of hydrogen-bond donors (Lipinski definition) is 0. The predicted octanol–water partition coefficient (Wildman–Crippen LogP) is 10.9. The van der Waals surface area contributed by atoms with E-state index >= 15 is 0 Å². The summed E-state index contributed by atoms with van der Waals surface area (Å²) in [6, 6.07) is 53.5. The van der Waals surface area contributed by atoms with Gasteiger partial charge in [0.15, 0.2) is 23.1 Å². The van der Waals surface area contributed by atoms with Gasteiger partial charge in [0.2, 0.25) is 0 Å². The first-order chi connectivity index (χ1) is 24.8. The molecule has 0 aliphatic carbocycles.